The second-order valence-corrected chi connectivity index (χ2v) is 4.16. The molecule has 0 amide bonds. The van der Waals surface area contributed by atoms with Gasteiger partial charge in [0.15, 0.2) is 0 Å². The number of rotatable bonds is 3. The van der Waals surface area contributed by atoms with E-state index in [0.717, 1.165) is 10.0 Å². The summed E-state index contributed by atoms with van der Waals surface area (Å²) in [6.07, 6.45) is 0. The van der Waals surface area contributed by atoms with Crippen molar-refractivity contribution in [3.63, 3.8) is 0 Å². The second-order valence-electron chi connectivity index (χ2n) is 2.98. The first kappa shape index (κ1) is 11.3. The number of aromatic nitrogens is 2. The highest BCUT2D eigenvalue weighted by atomic mass is 79.9. The van der Waals surface area contributed by atoms with Gasteiger partial charge in [-0.2, -0.15) is 0 Å². The zero-order valence-corrected chi connectivity index (χ0v) is 10.3. The van der Waals surface area contributed by atoms with Gasteiger partial charge in [0.25, 0.3) is 5.89 Å². The van der Waals surface area contributed by atoms with Crippen molar-refractivity contribution < 1.29 is 9.21 Å². The summed E-state index contributed by atoms with van der Waals surface area (Å²) in [5, 5.41) is 7.40. The van der Waals surface area contributed by atoms with Crippen molar-refractivity contribution >= 4 is 33.3 Å². The summed E-state index contributed by atoms with van der Waals surface area (Å²) in [6.45, 7) is 0. The summed E-state index contributed by atoms with van der Waals surface area (Å²) in [5.41, 5.74) is 0.754. The van der Waals surface area contributed by atoms with E-state index in [4.69, 9.17) is 16.0 Å². The Morgan fingerprint density at radius 3 is 2.62 bits per heavy atom. The molecule has 1 aromatic heterocycles. The molecule has 1 heterocycles. The highest BCUT2D eigenvalue weighted by molar-refractivity contribution is 9.10. The number of alkyl halides is 1. The van der Waals surface area contributed by atoms with Gasteiger partial charge < -0.3 is 4.42 Å². The Bertz CT molecular complexity index is 510. The number of hydrogen-bond acceptors (Lipinski definition) is 4. The average Bonchev–Trinajstić information content (AvgIpc) is 2.78. The molecule has 2 aromatic rings. The first-order valence-electron chi connectivity index (χ1n) is 4.39. The summed E-state index contributed by atoms with van der Waals surface area (Å²) in [4.78, 5) is 11.2. The number of hydrogen-bond donors (Lipinski definition) is 0. The van der Waals surface area contributed by atoms with Crippen molar-refractivity contribution in [2.45, 2.75) is 0 Å². The fraction of sp³-hybridized carbons (Fsp3) is 0.100. The van der Waals surface area contributed by atoms with Crippen LogP contribution >= 0.6 is 27.5 Å². The van der Waals surface area contributed by atoms with Gasteiger partial charge in [-0.25, -0.2) is 0 Å². The van der Waals surface area contributed by atoms with Crippen molar-refractivity contribution in [2.75, 3.05) is 5.88 Å². The van der Waals surface area contributed by atoms with Gasteiger partial charge in [-0.15, -0.1) is 21.8 Å². The van der Waals surface area contributed by atoms with Gasteiger partial charge >= 0.3 is 0 Å². The molecule has 0 aliphatic rings. The molecule has 1 aromatic carbocycles. The molecule has 0 aliphatic heterocycles. The van der Waals surface area contributed by atoms with Crippen molar-refractivity contribution in [1.29, 1.82) is 0 Å². The molecule has 0 saturated heterocycles. The second kappa shape index (κ2) is 4.76. The summed E-state index contributed by atoms with van der Waals surface area (Å²) in [5.74, 6) is -0.298. The van der Waals surface area contributed by atoms with Crippen LogP contribution < -0.4 is 0 Å². The molecule has 0 saturated carbocycles. The molecular weight excluding hydrogens is 295 g/mol. The van der Waals surface area contributed by atoms with Gasteiger partial charge in [-0.05, 0) is 24.3 Å². The van der Waals surface area contributed by atoms with E-state index in [2.05, 4.69) is 26.1 Å². The minimum absolute atomic E-state index is 0.0621. The van der Waals surface area contributed by atoms with E-state index >= 15 is 0 Å². The number of halogens is 2. The molecule has 0 N–H and O–H groups in total. The van der Waals surface area contributed by atoms with Gasteiger partial charge in [-0.3, -0.25) is 4.79 Å². The van der Waals surface area contributed by atoms with Crippen LogP contribution in [0, 0.1) is 0 Å². The van der Waals surface area contributed by atoms with E-state index in [1.807, 2.05) is 24.3 Å². The van der Waals surface area contributed by atoms with Crippen LogP contribution in [0.3, 0.4) is 0 Å². The molecule has 0 fully saturated rings. The normalized spacial score (nSPS) is 10.4. The van der Waals surface area contributed by atoms with Crippen LogP contribution in [0.25, 0.3) is 11.5 Å². The van der Waals surface area contributed by atoms with Crippen molar-refractivity contribution in [2.24, 2.45) is 0 Å². The van der Waals surface area contributed by atoms with Gasteiger partial charge in [0.2, 0.25) is 11.7 Å². The van der Waals surface area contributed by atoms with E-state index in [1.54, 1.807) is 0 Å². The summed E-state index contributed by atoms with van der Waals surface area (Å²) in [7, 11) is 0. The molecule has 0 atom stereocenters. The van der Waals surface area contributed by atoms with E-state index in [9.17, 15) is 4.79 Å². The summed E-state index contributed by atoms with van der Waals surface area (Å²) in [6, 6.07) is 7.32. The molecule has 0 bridgehead atoms. The monoisotopic (exact) mass is 300 g/mol. The van der Waals surface area contributed by atoms with Crippen LogP contribution in [0.4, 0.5) is 0 Å². The predicted molar refractivity (Wildman–Crippen MR) is 62.5 cm³/mol. The maximum absolute atomic E-state index is 11.2. The number of benzene rings is 1. The zero-order valence-electron chi connectivity index (χ0n) is 7.98. The van der Waals surface area contributed by atoms with E-state index in [-0.39, 0.29) is 17.6 Å². The van der Waals surface area contributed by atoms with Gasteiger partial charge in [0.1, 0.15) is 0 Å². The van der Waals surface area contributed by atoms with Crippen molar-refractivity contribution in [3.8, 4) is 11.5 Å². The Balaban J connectivity index is 2.31. The Labute approximate surface area is 105 Å². The van der Waals surface area contributed by atoms with Crippen molar-refractivity contribution in [3.05, 3.63) is 34.6 Å². The molecular formula is C10H6BrClN2O2. The Kier molecular flexibility index (Phi) is 3.36. The molecule has 0 spiro atoms. The van der Waals surface area contributed by atoms with Crippen LogP contribution in [0.2, 0.25) is 0 Å². The van der Waals surface area contributed by atoms with Crippen molar-refractivity contribution in [1.82, 2.24) is 10.2 Å². The third-order valence-corrected chi connectivity index (χ3v) is 2.65. The minimum atomic E-state index is -0.377. The van der Waals surface area contributed by atoms with E-state index in [0.29, 0.717) is 5.89 Å². The SMILES string of the molecule is O=C(CCl)c1nnc(-c2ccc(Br)cc2)o1. The van der Waals surface area contributed by atoms with Gasteiger partial charge in [-0.1, -0.05) is 15.9 Å². The standard InChI is InChI=1S/C10H6BrClN2O2/c11-7-3-1-6(2-4-7)9-13-14-10(16-9)8(15)5-12/h1-4H,5H2. The third-order valence-electron chi connectivity index (χ3n) is 1.88. The molecule has 6 heteroatoms. The summed E-state index contributed by atoms with van der Waals surface area (Å²) >= 11 is 8.70. The van der Waals surface area contributed by atoms with Gasteiger partial charge in [0, 0.05) is 10.0 Å². The fourth-order valence-corrected chi connectivity index (χ4v) is 1.48. The fourth-order valence-electron chi connectivity index (χ4n) is 1.10. The third kappa shape index (κ3) is 2.31. The minimum Gasteiger partial charge on any atom is -0.414 e. The zero-order chi connectivity index (χ0) is 11.5. The molecule has 0 radical (unpaired) electrons. The molecule has 0 aliphatic carbocycles. The average molecular weight is 302 g/mol. The first-order valence-corrected chi connectivity index (χ1v) is 5.72. The number of nitrogens with zero attached hydrogens (tertiary/aromatic N) is 2. The van der Waals surface area contributed by atoms with E-state index in [1.165, 1.54) is 0 Å². The molecule has 4 nitrogen and oxygen atoms in total. The maximum atomic E-state index is 11.2. The van der Waals surface area contributed by atoms with Crippen LogP contribution in [-0.4, -0.2) is 21.9 Å². The number of Topliss-reactive ketones (excluding diaryl/α,β-unsaturated/α-hetero) is 1. The van der Waals surface area contributed by atoms with Crippen LogP contribution in [0.15, 0.2) is 33.2 Å². The van der Waals surface area contributed by atoms with Crippen LogP contribution in [0.5, 0.6) is 0 Å². The Morgan fingerprint density at radius 2 is 2.00 bits per heavy atom. The van der Waals surface area contributed by atoms with Crippen LogP contribution in [-0.2, 0) is 0 Å². The lowest BCUT2D eigenvalue weighted by Gasteiger charge is -1.93. The smallest absolute Gasteiger partial charge is 0.285 e. The number of ketones is 1. The van der Waals surface area contributed by atoms with E-state index < -0.39 is 0 Å². The predicted octanol–water partition coefficient (Wildman–Crippen LogP) is 2.92. The molecule has 2 rings (SSSR count). The Morgan fingerprint density at radius 1 is 1.31 bits per heavy atom. The quantitative estimate of drug-likeness (QED) is 0.646. The topological polar surface area (TPSA) is 56.0 Å². The largest absolute Gasteiger partial charge is 0.414 e. The number of carbonyl (C=O) groups is 1. The summed E-state index contributed by atoms with van der Waals surface area (Å²) < 4.78 is 6.14. The lowest BCUT2D eigenvalue weighted by molar-refractivity contribution is 0.0985. The first-order chi connectivity index (χ1) is 7.70. The van der Waals surface area contributed by atoms with Gasteiger partial charge in [0.05, 0.1) is 5.88 Å². The highest BCUT2D eigenvalue weighted by Gasteiger charge is 2.14. The number of carbonyl (C=O) groups excluding carboxylic acids is 1. The lowest BCUT2D eigenvalue weighted by Crippen LogP contribution is -1.99. The molecule has 0 unspecified atom stereocenters. The lowest BCUT2D eigenvalue weighted by atomic mass is 10.2. The molecule has 82 valence electrons. The van der Waals surface area contributed by atoms with Crippen LogP contribution in [0.1, 0.15) is 10.7 Å². The highest BCUT2D eigenvalue weighted by Crippen LogP contribution is 2.20. The Hall–Kier alpha value is -1.20. The molecule has 16 heavy (non-hydrogen) atoms. The maximum Gasteiger partial charge on any atom is 0.285 e.